The van der Waals surface area contributed by atoms with Gasteiger partial charge < -0.3 is 34.7 Å². The van der Waals surface area contributed by atoms with Crippen molar-refractivity contribution in [2.75, 3.05) is 25.6 Å². The highest BCUT2D eigenvalue weighted by Crippen LogP contribution is 2.41. The van der Waals surface area contributed by atoms with Crippen molar-refractivity contribution in [2.24, 2.45) is 0 Å². The molecule has 2 fully saturated rings. The molecule has 0 unspecified atom stereocenters. The maximum atomic E-state index is 11.2. The van der Waals surface area contributed by atoms with Crippen molar-refractivity contribution in [3.05, 3.63) is 48.5 Å². The topological polar surface area (TPSA) is 138 Å². The first kappa shape index (κ1) is 18.4. The van der Waals surface area contributed by atoms with Crippen molar-refractivity contribution in [3.8, 4) is 0 Å². The summed E-state index contributed by atoms with van der Waals surface area (Å²) in [4.78, 5) is 12.4. The molecule has 3 aromatic rings. The third-order valence-electron chi connectivity index (χ3n) is 5.60. The molecule has 2 aliphatic heterocycles. The Bertz CT molecular complexity index is 1010. The molecule has 0 amide bonds. The molecule has 4 heterocycles. The van der Waals surface area contributed by atoms with Crippen molar-refractivity contribution in [1.82, 2.24) is 19.5 Å². The van der Waals surface area contributed by atoms with E-state index in [1.165, 1.54) is 6.33 Å². The number of ether oxygens (including phenoxy) is 3. The zero-order valence-electron chi connectivity index (χ0n) is 15.5. The molecule has 152 valence electrons. The van der Waals surface area contributed by atoms with E-state index < -0.39 is 30.1 Å². The summed E-state index contributed by atoms with van der Waals surface area (Å²) in [7, 11) is 0. The molecular weight excluding hydrogens is 378 g/mol. The molecule has 29 heavy (non-hydrogen) atoms. The summed E-state index contributed by atoms with van der Waals surface area (Å²) in [5.74, 6) is 0.260. The van der Waals surface area contributed by atoms with Crippen molar-refractivity contribution in [1.29, 1.82) is 0 Å². The minimum absolute atomic E-state index is 0.0945. The Hall–Kier alpha value is -2.63. The summed E-state index contributed by atoms with van der Waals surface area (Å²) >= 11 is 0. The largest absolute Gasteiger partial charge is 0.393 e. The maximum Gasteiger partial charge on any atom is 0.184 e. The number of fused-ring (bicyclic) bond motifs is 2. The molecule has 1 aromatic carbocycles. The maximum absolute atomic E-state index is 11.2. The van der Waals surface area contributed by atoms with Crippen molar-refractivity contribution in [2.45, 2.75) is 30.1 Å². The Balaban J connectivity index is 1.48. The molecule has 0 spiro atoms. The van der Waals surface area contributed by atoms with Gasteiger partial charge >= 0.3 is 0 Å². The normalized spacial score (nSPS) is 32.2. The summed E-state index contributed by atoms with van der Waals surface area (Å²) in [5, 5.41) is 21.3. The molecule has 0 radical (unpaired) electrons. The number of aromatic nitrogens is 4. The zero-order chi connectivity index (χ0) is 20.0. The highest BCUT2D eigenvalue weighted by atomic mass is 16.7. The van der Waals surface area contributed by atoms with Gasteiger partial charge in [-0.05, 0) is 0 Å². The molecule has 2 aliphatic rings. The molecule has 10 nitrogen and oxygen atoms in total. The molecule has 0 bridgehead atoms. The second-order valence-electron chi connectivity index (χ2n) is 7.29. The van der Waals surface area contributed by atoms with Crippen LogP contribution in [-0.2, 0) is 14.2 Å². The summed E-state index contributed by atoms with van der Waals surface area (Å²) < 4.78 is 19.6. The Morgan fingerprint density at radius 3 is 2.83 bits per heavy atom. The number of anilines is 1. The van der Waals surface area contributed by atoms with Crippen LogP contribution in [0.5, 0.6) is 0 Å². The summed E-state index contributed by atoms with van der Waals surface area (Å²) in [5.41, 5.74) is 6.49. The first-order chi connectivity index (χ1) is 14.1. The van der Waals surface area contributed by atoms with Gasteiger partial charge in [-0.2, -0.15) is 0 Å². The van der Waals surface area contributed by atoms with E-state index in [0.29, 0.717) is 11.2 Å². The summed E-state index contributed by atoms with van der Waals surface area (Å²) in [6.07, 6.45) is 0.407. The first-order valence-corrected chi connectivity index (χ1v) is 9.31. The molecule has 10 heteroatoms. The van der Waals surface area contributed by atoms with Crippen LogP contribution in [0.25, 0.3) is 11.2 Å². The van der Waals surface area contributed by atoms with Gasteiger partial charge in [0.1, 0.15) is 29.7 Å². The first-order valence-electron chi connectivity index (χ1n) is 9.31. The quantitative estimate of drug-likeness (QED) is 0.563. The molecule has 2 aromatic heterocycles. The number of hydrogen-bond acceptors (Lipinski definition) is 9. The molecule has 2 saturated heterocycles. The fourth-order valence-corrected chi connectivity index (χ4v) is 3.99. The molecular formula is C19H21N5O5. The van der Waals surface area contributed by atoms with E-state index in [1.807, 2.05) is 30.3 Å². The Kier molecular flexibility index (Phi) is 4.45. The van der Waals surface area contributed by atoms with Gasteiger partial charge in [-0.15, -0.1) is 0 Å². The number of imidazole rings is 1. The van der Waals surface area contributed by atoms with E-state index >= 15 is 0 Å². The third-order valence-corrected chi connectivity index (χ3v) is 5.60. The number of hydrogen-bond donors (Lipinski definition) is 3. The highest BCUT2D eigenvalue weighted by Gasteiger charge is 2.55. The fourth-order valence-electron chi connectivity index (χ4n) is 3.99. The van der Waals surface area contributed by atoms with Gasteiger partial charge in [0.05, 0.1) is 32.2 Å². The average molecular weight is 399 g/mol. The van der Waals surface area contributed by atoms with E-state index in [0.717, 1.165) is 5.56 Å². The second-order valence-corrected chi connectivity index (χ2v) is 7.29. The van der Waals surface area contributed by atoms with E-state index in [2.05, 4.69) is 15.0 Å². The number of aliphatic hydroxyl groups excluding tert-OH is 2. The third kappa shape index (κ3) is 2.88. The van der Waals surface area contributed by atoms with Crippen molar-refractivity contribution >= 4 is 17.0 Å². The lowest BCUT2D eigenvalue weighted by Gasteiger charge is -2.51. The number of benzene rings is 1. The van der Waals surface area contributed by atoms with E-state index in [4.69, 9.17) is 19.9 Å². The van der Waals surface area contributed by atoms with Crippen molar-refractivity contribution in [3.63, 3.8) is 0 Å². The van der Waals surface area contributed by atoms with Gasteiger partial charge in [0.2, 0.25) is 0 Å². The minimum atomic E-state index is -1.15. The van der Waals surface area contributed by atoms with Crippen molar-refractivity contribution < 1.29 is 24.4 Å². The van der Waals surface area contributed by atoms with Crippen LogP contribution in [0.15, 0.2) is 43.0 Å². The molecule has 5 atom stereocenters. The van der Waals surface area contributed by atoms with Crippen LogP contribution in [0.3, 0.4) is 0 Å². The Morgan fingerprint density at radius 2 is 2.03 bits per heavy atom. The molecule has 4 N–H and O–H groups in total. The summed E-state index contributed by atoms with van der Waals surface area (Å²) in [6.45, 7) is -0.129. The standard InChI is InChI=1S/C19H21N5O5/c20-16-13-17(22-9-21-16)24(10-23-13)12-6-28-19(7-25)8-27-18(29-15(19)14(12)26)11-4-2-1-3-5-11/h1-5,9-10,12,14-15,18,25-26H,6-8H2,(H2,20,21,22)/t12-,14+,15+,18-,19-/m1/s1. The predicted molar refractivity (Wildman–Crippen MR) is 101 cm³/mol. The van der Waals surface area contributed by atoms with Gasteiger partial charge in [0.25, 0.3) is 0 Å². The van der Waals surface area contributed by atoms with Gasteiger partial charge in [-0.3, -0.25) is 0 Å². The van der Waals surface area contributed by atoms with E-state index in [-0.39, 0.29) is 25.6 Å². The van der Waals surface area contributed by atoms with Crippen LogP contribution in [-0.4, -0.2) is 67.4 Å². The number of nitrogens with zero attached hydrogens (tertiary/aromatic N) is 4. The second kappa shape index (κ2) is 7.01. The Labute approximate surface area is 165 Å². The summed E-state index contributed by atoms with van der Waals surface area (Å²) in [6, 6.07) is 8.90. The van der Waals surface area contributed by atoms with Gasteiger partial charge in [-0.25, -0.2) is 15.0 Å². The number of nitrogen functional groups attached to an aromatic ring is 1. The van der Waals surface area contributed by atoms with Crippen LogP contribution in [0.1, 0.15) is 17.9 Å². The monoisotopic (exact) mass is 399 g/mol. The lowest BCUT2D eigenvalue weighted by Crippen LogP contribution is -2.66. The van der Waals surface area contributed by atoms with E-state index in [9.17, 15) is 10.2 Å². The lowest BCUT2D eigenvalue weighted by atomic mass is 9.86. The highest BCUT2D eigenvalue weighted by molar-refractivity contribution is 5.81. The fraction of sp³-hybridized carbons (Fsp3) is 0.421. The van der Waals surface area contributed by atoms with Gasteiger partial charge in [0, 0.05) is 5.56 Å². The SMILES string of the molecule is Nc1ncnc2c1ncn2[C@@H]1CO[C@]2(CO)CO[C@@H](c3ccccc3)O[C@H]2[C@H]1O. The number of rotatable bonds is 3. The van der Waals surface area contributed by atoms with Crippen LogP contribution >= 0.6 is 0 Å². The number of aliphatic hydroxyl groups is 2. The lowest BCUT2D eigenvalue weighted by molar-refractivity contribution is -0.350. The zero-order valence-corrected chi connectivity index (χ0v) is 15.5. The smallest absolute Gasteiger partial charge is 0.184 e. The van der Waals surface area contributed by atoms with Crippen LogP contribution in [0.2, 0.25) is 0 Å². The van der Waals surface area contributed by atoms with Crippen LogP contribution < -0.4 is 5.73 Å². The molecule has 5 rings (SSSR count). The van der Waals surface area contributed by atoms with Gasteiger partial charge in [0.15, 0.2) is 17.8 Å². The minimum Gasteiger partial charge on any atom is -0.393 e. The van der Waals surface area contributed by atoms with Gasteiger partial charge in [-0.1, -0.05) is 30.3 Å². The Morgan fingerprint density at radius 1 is 1.21 bits per heavy atom. The number of nitrogens with two attached hydrogens (primary N) is 1. The predicted octanol–water partition coefficient (Wildman–Crippen LogP) is 0.186. The molecule has 0 saturated carbocycles. The molecule has 0 aliphatic carbocycles. The van der Waals surface area contributed by atoms with E-state index in [1.54, 1.807) is 10.9 Å². The van der Waals surface area contributed by atoms with Crippen LogP contribution in [0, 0.1) is 0 Å². The average Bonchev–Trinajstić information content (AvgIpc) is 3.20. The van der Waals surface area contributed by atoms with Crippen LogP contribution in [0.4, 0.5) is 5.82 Å².